The van der Waals surface area contributed by atoms with E-state index in [1.54, 1.807) is 11.1 Å². The third-order valence-corrected chi connectivity index (χ3v) is 6.96. The first-order valence-electron chi connectivity index (χ1n) is 12.3. The number of H-pyrrole nitrogens is 1. The Morgan fingerprint density at radius 3 is 2.65 bits per heavy atom. The lowest BCUT2D eigenvalue weighted by Gasteiger charge is -2.33. The maximum atomic E-state index is 15.0. The summed E-state index contributed by atoms with van der Waals surface area (Å²) in [4.78, 5) is 39.1. The molecule has 0 bridgehead atoms. The molecule has 2 fully saturated rings. The Kier molecular flexibility index (Phi) is 6.96. The normalized spacial score (nSPS) is 17.6. The van der Waals surface area contributed by atoms with E-state index in [9.17, 15) is 9.59 Å². The first-order chi connectivity index (χ1) is 18.0. The number of methoxy groups -OCH3 is 3. The van der Waals surface area contributed by atoms with E-state index < -0.39 is 5.82 Å². The molecule has 1 aliphatic carbocycles. The largest absolute Gasteiger partial charge is 0.492 e. The number of fused-ring (bicyclic) bond motifs is 1. The Morgan fingerprint density at radius 2 is 1.95 bits per heavy atom. The molecule has 2 aliphatic rings. The van der Waals surface area contributed by atoms with Gasteiger partial charge in [-0.05, 0) is 37.7 Å². The van der Waals surface area contributed by atoms with Gasteiger partial charge in [0.1, 0.15) is 18.5 Å². The van der Waals surface area contributed by atoms with Crippen molar-refractivity contribution in [3.05, 3.63) is 35.5 Å². The number of amides is 2. The molecule has 37 heavy (non-hydrogen) atoms. The van der Waals surface area contributed by atoms with Gasteiger partial charge in [0, 0.05) is 43.6 Å². The minimum atomic E-state index is -0.556. The van der Waals surface area contributed by atoms with Crippen molar-refractivity contribution in [1.29, 1.82) is 0 Å². The number of hydrogen-bond acceptors (Lipinski definition) is 7. The maximum Gasteiger partial charge on any atom is 0.255 e. The van der Waals surface area contributed by atoms with Gasteiger partial charge in [0.25, 0.3) is 5.91 Å². The lowest BCUT2D eigenvalue weighted by molar-refractivity contribution is -0.136. The quantitative estimate of drug-likeness (QED) is 0.477. The number of piperidine rings is 1. The van der Waals surface area contributed by atoms with Crippen LogP contribution in [-0.2, 0) is 9.53 Å². The predicted octanol–water partition coefficient (Wildman–Crippen LogP) is 3.03. The number of ether oxygens (including phenoxy) is 3. The average molecular weight is 512 g/mol. The van der Waals surface area contributed by atoms with Crippen molar-refractivity contribution < 1.29 is 28.2 Å². The fourth-order valence-electron chi connectivity index (χ4n) is 5.11. The van der Waals surface area contributed by atoms with Crippen molar-refractivity contribution in [1.82, 2.24) is 25.2 Å². The first kappa shape index (κ1) is 24.9. The topological polar surface area (TPSA) is 119 Å². The molecular formula is C26H30FN5O5. The molecule has 3 aromatic rings. The highest BCUT2D eigenvalue weighted by Gasteiger charge is 2.34. The molecule has 10 nitrogen and oxygen atoms in total. The van der Waals surface area contributed by atoms with Crippen LogP contribution < -0.4 is 14.8 Å². The van der Waals surface area contributed by atoms with E-state index in [1.165, 1.54) is 33.7 Å². The smallest absolute Gasteiger partial charge is 0.255 e. The van der Waals surface area contributed by atoms with Crippen molar-refractivity contribution in [2.24, 2.45) is 0 Å². The Bertz CT molecular complexity index is 1340. The van der Waals surface area contributed by atoms with Crippen LogP contribution in [0.5, 0.6) is 11.5 Å². The molecule has 1 aromatic carbocycles. The van der Waals surface area contributed by atoms with Gasteiger partial charge in [-0.1, -0.05) is 0 Å². The van der Waals surface area contributed by atoms with Crippen LogP contribution in [0.25, 0.3) is 22.3 Å². The number of nitrogens with one attached hydrogen (secondary N) is 2. The zero-order valence-electron chi connectivity index (χ0n) is 21.1. The van der Waals surface area contributed by atoms with Crippen LogP contribution in [0.3, 0.4) is 0 Å². The van der Waals surface area contributed by atoms with Crippen LogP contribution in [-0.4, -0.2) is 78.7 Å². The van der Waals surface area contributed by atoms with Gasteiger partial charge in [-0.25, -0.2) is 14.4 Å². The third-order valence-electron chi connectivity index (χ3n) is 6.96. The van der Waals surface area contributed by atoms with E-state index in [2.05, 4.69) is 20.3 Å². The molecule has 2 amide bonds. The molecule has 1 atom stereocenters. The third kappa shape index (κ3) is 4.71. The van der Waals surface area contributed by atoms with Crippen molar-refractivity contribution >= 4 is 22.8 Å². The standard InChI is InChI=1S/C26H30FN5O5/c1-35-12-19(33)32-8-4-5-15(11-32)31-26(34)17-10-28-23-21(29-13-30-22(17)23)16-9-18(27)24(36-2)25(37-3)20(16)14-6-7-14/h9-10,13-15,28H,4-8,11-12H2,1-3H3,(H,31,34)/t15-/m1/s1. The summed E-state index contributed by atoms with van der Waals surface area (Å²) in [6.45, 7) is 1.08. The predicted molar refractivity (Wildman–Crippen MR) is 133 cm³/mol. The summed E-state index contributed by atoms with van der Waals surface area (Å²) in [6.07, 6.45) is 6.42. The van der Waals surface area contributed by atoms with E-state index in [4.69, 9.17) is 14.2 Å². The van der Waals surface area contributed by atoms with Crippen LogP contribution >= 0.6 is 0 Å². The Morgan fingerprint density at radius 1 is 1.16 bits per heavy atom. The molecule has 11 heteroatoms. The van der Waals surface area contributed by atoms with Gasteiger partial charge in [-0.2, -0.15) is 0 Å². The van der Waals surface area contributed by atoms with E-state index in [-0.39, 0.29) is 36.1 Å². The highest BCUT2D eigenvalue weighted by molar-refractivity contribution is 6.08. The second kappa shape index (κ2) is 10.3. The van der Waals surface area contributed by atoms with Crippen LogP contribution in [0.1, 0.15) is 47.5 Å². The van der Waals surface area contributed by atoms with Gasteiger partial charge in [-0.3, -0.25) is 9.59 Å². The number of carbonyl (C=O) groups is 2. The molecule has 2 N–H and O–H groups in total. The highest BCUT2D eigenvalue weighted by Crippen LogP contribution is 2.52. The number of nitrogens with zero attached hydrogens (tertiary/aromatic N) is 3. The van der Waals surface area contributed by atoms with E-state index >= 15 is 4.39 Å². The van der Waals surface area contributed by atoms with Crippen LogP contribution in [0.4, 0.5) is 4.39 Å². The van der Waals surface area contributed by atoms with Crippen molar-refractivity contribution in [3.63, 3.8) is 0 Å². The van der Waals surface area contributed by atoms with E-state index in [0.717, 1.165) is 31.2 Å². The molecule has 1 aliphatic heterocycles. The van der Waals surface area contributed by atoms with Gasteiger partial charge < -0.3 is 29.4 Å². The molecular weight excluding hydrogens is 481 g/mol. The van der Waals surface area contributed by atoms with E-state index in [0.29, 0.717) is 46.7 Å². The minimum absolute atomic E-state index is 0.0163. The van der Waals surface area contributed by atoms with Crippen molar-refractivity contribution in [2.75, 3.05) is 41.0 Å². The average Bonchev–Trinajstić information content (AvgIpc) is 3.65. The maximum absolute atomic E-state index is 15.0. The summed E-state index contributed by atoms with van der Waals surface area (Å²) >= 11 is 0. The SMILES string of the molecule is COCC(=O)N1CCC[C@@H](NC(=O)c2c[nH]c3c(-c4cc(F)c(OC)c(OC)c4C4CC4)ncnc23)C1. The summed E-state index contributed by atoms with van der Waals surface area (Å²) in [5, 5.41) is 3.03. The summed E-state index contributed by atoms with van der Waals surface area (Å²) in [5.41, 5.74) is 3.22. The molecule has 0 radical (unpaired) electrons. The molecule has 3 heterocycles. The van der Waals surface area contributed by atoms with Gasteiger partial charge >= 0.3 is 0 Å². The van der Waals surface area contributed by atoms with Crippen molar-refractivity contribution in [3.8, 4) is 22.8 Å². The molecule has 5 rings (SSSR count). The molecule has 1 saturated heterocycles. The van der Waals surface area contributed by atoms with Gasteiger partial charge in [-0.15, -0.1) is 0 Å². The van der Waals surface area contributed by atoms with Crippen LogP contribution in [0.2, 0.25) is 0 Å². The Labute approximate surface area is 213 Å². The minimum Gasteiger partial charge on any atom is -0.492 e. The van der Waals surface area contributed by atoms with E-state index in [1.807, 2.05) is 0 Å². The number of halogens is 1. The first-order valence-corrected chi connectivity index (χ1v) is 12.3. The lowest BCUT2D eigenvalue weighted by Crippen LogP contribution is -2.50. The monoisotopic (exact) mass is 511 g/mol. The molecule has 196 valence electrons. The summed E-state index contributed by atoms with van der Waals surface area (Å²) in [6, 6.07) is 1.22. The number of carbonyl (C=O) groups excluding carboxylic acids is 2. The number of aromatic amines is 1. The zero-order chi connectivity index (χ0) is 26.1. The Hall–Kier alpha value is -3.73. The highest BCUT2D eigenvalue weighted by atomic mass is 19.1. The number of aromatic nitrogens is 3. The summed E-state index contributed by atoms with van der Waals surface area (Å²) in [5.74, 6) is -0.323. The Balaban J connectivity index is 1.47. The second-order valence-electron chi connectivity index (χ2n) is 9.39. The second-order valence-corrected chi connectivity index (χ2v) is 9.39. The van der Waals surface area contributed by atoms with Crippen molar-refractivity contribution in [2.45, 2.75) is 37.6 Å². The van der Waals surface area contributed by atoms with Crippen LogP contribution in [0, 0.1) is 5.82 Å². The number of hydrogen-bond donors (Lipinski definition) is 2. The molecule has 1 saturated carbocycles. The van der Waals surface area contributed by atoms with Gasteiger partial charge in [0.2, 0.25) is 5.91 Å². The molecule has 0 spiro atoms. The summed E-state index contributed by atoms with van der Waals surface area (Å²) in [7, 11) is 4.39. The van der Waals surface area contributed by atoms with Gasteiger partial charge in [0.05, 0.1) is 31.0 Å². The number of likely N-dealkylation sites (tertiary alicyclic amines) is 1. The molecule has 0 unspecified atom stereocenters. The number of rotatable bonds is 8. The summed E-state index contributed by atoms with van der Waals surface area (Å²) < 4.78 is 30.8. The van der Waals surface area contributed by atoms with Crippen LogP contribution in [0.15, 0.2) is 18.6 Å². The molecule has 2 aromatic heterocycles. The number of benzene rings is 1. The zero-order valence-corrected chi connectivity index (χ0v) is 21.1. The fraction of sp³-hybridized carbons (Fsp3) is 0.462. The van der Waals surface area contributed by atoms with Gasteiger partial charge in [0.15, 0.2) is 17.3 Å². The lowest BCUT2D eigenvalue weighted by atomic mass is 9.97. The fourth-order valence-corrected chi connectivity index (χ4v) is 5.11.